The smallest absolute Gasteiger partial charge is 0.151 e. The average Bonchev–Trinajstić information content (AvgIpc) is 2.57. The molecule has 1 aromatic carbocycles. The van der Waals surface area contributed by atoms with Crippen LogP contribution in [0.4, 0.5) is 0 Å². The summed E-state index contributed by atoms with van der Waals surface area (Å²) < 4.78 is 22.6. The van der Waals surface area contributed by atoms with Gasteiger partial charge in [0.05, 0.1) is 11.5 Å². The topological polar surface area (TPSA) is 46.2 Å². The van der Waals surface area contributed by atoms with Crippen LogP contribution >= 0.6 is 35.6 Å². The molecule has 0 amide bonds. The second kappa shape index (κ2) is 6.44. The van der Waals surface area contributed by atoms with Gasteiger partial charge in [0.25, 0.3) is 0 Å². The van der Waals surface area contributed by atoms with E-state index in [1.54, 1.807) is 18.2 Å². The highest BCUT2D eigenvalue weighted by Gasteiger charge is 2.27. The molecule has 0 radical (unpaired) electrons. The Bertz CT molecular complexity index is 499. The van der Waals surface area contributed by atoms with Crippen molar-refractivity contribution in [3.63, 3.8) is 0 Å². The van der Waals surface area contributed by atoms with E-state index in [4.69, 9.17) is 23.2 Å². The first kappa shape index (κ1) is 16.1. The lowest BCUT2D eigenvalue weighted by atomic mass is 10.2. The van der Waals surface area contributed by atoms with Gasteiger partial charge in [-0.1, -0.05) is 29.3 Å². The van der Waals surface area contributed by atoms with Gasteiger partial charge in [0.15, 0.2) is 9.84 Å². The quantitative estimate of drug-likeness (QED) is 0.927. The average molecular weight is 331 g/mol. The number of sulfone groups is 1. The van der Waals surface area contributed by atoms with Crippen LogP contribution in [0.3, 0.4) is 0 Å². The lowest BCUT2D eigenvalue weighted by Gasteiger charge is -2.12. The van der Waals surface area contributed by atoms with Crippen molar-refractivity contribution >= 4 is 45.4 Å². The predicted octanol–water partition coefficient (Wildman–Crippen LogP) is 2.69. The lowest BCUT2D eigenvalue weighted by Crippen LogP contribution is -2.29. The molecule has 0 aliphatic carbocycles. The Balaban J connectivity index is 0.00000162. The Labute approximate surface area is 123 Å². The van der Waals surface area contributed by atoms with Crippen molar-refractivity contribution in [2.75, 3.05) is 11.5 Å². The van der Waals surface area contributed by atoms with Gasteiger partial charge in [-0.2, -0.15) is 0 Å². The number of benzene rings is 1. The minimum atomic E-state index is -2.85. The first-order valence-electron chi connectivity index (χ1n) is 5.34. The van der Waals surface area contributed by atoms with Crippen LogP contribution in [-0.2, 0) is 16.4 Å². The largest absolute Gasteiger partial charge is 0.309 e. The predicted molar refractivity (Wildman–Crippen MR) is 77.6 cm³/mol. The van der Waals surface area contributed by atoms with Crippen molar-refractivity contribution in [1.29, 1.82) is 0 Å². The van der Waals surface area contributed by atoms with Gasteiger partial charge in [-0.3, -0.25) is 0 Å². The van der Waals surface area contributed by atoms with E-state index in [9.17, 15) is 8.42 Å². The number of rotatable bonds is 3. The Morgan fingerprint density at radius 3 is 2.39 bits per heavy atom. The van der Waals surface area contributed by atoms with Gasteiger partial charge >= 0.3 is 0 Å². The molecule has 3 nitrogen and oxygen atoms in total. The van der Waals surface area contributed by atoms with E-state index in [1.165, 1.54) is 0 Å². The summed E-state index contributed by atoms with van der Waals surface area (Å²) in [5.74, 6) is 0.468. The van der Waals surface area contributed by atoms with E-state index in [1.807, 2.05) is 0 Å². The Hall–Kier alpha value is -0.000000000000000167. The fraction of sp³-hybridized carbons (Fsp3) is 0.455. The maximum atomic E-state index is 11.3. The molecule has 1 atom stereocenters. The van der Waals surface area contributed by atoms with Crippen molar-refractivity contribution in [1.82, 2.24) is 5.32 Å². The Kier molecular flexibility index (Phi) is 5.74. The molecule has 102 valence electrons. The van der Waals surface area contributed by atoms with E-state index >= 15 is 0 Å². The fourth-order valence-corrected chi connectivity index (χ4v) is 4.14. The van der Waals surface area contributed by atoms with E-state index in [-0.39, 0.29) is 30.0 Å². The third-order valence-corrected chi connectivity index (χ3v) is 5.34. The highest BCUT2D eigenvalue weighted by atomic mass is 35.5. The molecule has 7 heteroatoms. The molecule has 1 heterocycles. The minimum Gasteiger partial charge on any atom is -0.309 e. The molecule has 1 fully saturated rings. The Morgan fingerprint density at radius 1 is 1.28 bits per heavy atom. The molecule has 18 heavy (non-hydrogen) atoms. The maximum Gasteiger partial charge on any atom is 0.151 e. The van der Waals surface area contributed by atoms with E-state index < -0.39 is 9.84 Å². The van der Waals surface area contributed by atoms with E-state index in [0.717, 1.165) is 5.56 Å². The summed E-state index contributed by atoms with van der Waals surface area (Å²) >= 11 is 12.1. The highest BCUT2D eigenvalue weighted by molar-refractivity contribution is 7.91. The van der Waals surface area contributed by atoms with Crippen molar-refractivity contribution in [3.05, 3.63) is 33.8 Å². The molecule has 1 aliphatic rings. The van der Waals surface area contributed by atoms with Crippen molar-refractivity contribution in [2.45, 2.75) is 19.0 Å². The van der Waals surface area contributed by atoms with Crippen LogP contribution in [0.15, 0.2) is 18.2 Å². The second-order valence-corrected chi connectivity index (χ2v) is 7.22. The lowest BCUT2D eigenvalue weighted by molar-refractivity contribution is 0.554. The zero-order valence-electron chi connectivity index (χ0n) is 9.53. The third kappa shape index (κ3) is 4.00. The molecule has 0 aromatic heterocycles. The number of halogens is 3. The standard InChI is InChI=1S/C11H13Cl2NO2S.ClH/c12-10-2-1-3-11(13)9(10)6-14-8-4-5-17(15,16)7-8;/h1-3,8,14H,4-7H2;1H. The van der Waals surface area contributed by atoms with Gasteiger partial charge in [0, 0.05) is 28.2 Å². The summed E-state index contributed by atoms with van der Waals surface area (Å²) in [5, 5.41) is 4.39. The monoisotopic (exact) mass is 329 g/mol. The maximum absolute atomic E-state index is 11.3. The molecule has 1 saturated heterocycles. The van der Waals surface area contributed by atoms with E-state index in [2.05, 4.69) is 5.32 Å². The van der Waals surface area contributed by atoms with Gasteiger partial charge in [0.2, 0.25) is 0 Å². The van der Waals surface area contributed by atoms with Crippen molar-refractivity contribution in [2.24, 2.45) is 0 Å². The van der Waals surface area contributed by atoms with Crippen molar-refractivity contribution in [3.8, 4) is 0 Å². The summed E-state index contributed by atoms with van der Waals surface area (Å²) in [5.41, 5.74) is 0.820. The number of hydrogen-bond donors (Lipinski definition) is 1. The zero-order chi connectivity index (χ0) is 12.5. The molecule has 1 aromatic rings. The molecule has 1 aliphatic heterocycles. The summed E-state index contributed by atoms with van der Waals surface area (Å²) in [7, 11) is -2.85. The summed E-state index contributed by atoms with van der Waals surface area (Å²) in [6, 6.07) is 5.34. The van der Waals surface area contributed by atoms with Crippen LogP contribution in [0.2, 0.25) is 10.0 Å². The van der Waals surface area contributed by atoms with Crippen molar-refractivity contribution < 1.29 is 8.42 Å². The van der Waals surface area contributed by atoms with Gasteiger partial charge in [-0.25, -0.2) is 8.42 Å². The van der Waals surface area contributed by atoms with Crippen LogP contribution in [0, 0.1) is 0 Å². The minimum absolute atomic E-state index is 0. The van der Waals surface area contributed by atoms with Gasteiger partial charge in [-0.15, -0.1) is 12.4 Å². The van der Waals surface area contributed by atoms with Crippen LogP contribution in [0.25, 0.3) is 0 Å². The summed E-state index contributed by atoms with van der Waals surface area (Å²) in [6.07, 6.45) is 0.657. The zero-order valence-corrected chi connectivity index (χ0v) is 12.7. The molecular formula is C11H14Cl3NO2S. The van der Waals surface area contributed by atoms with Gasteiger partial charge in [0.1, 0.15) is 0 Å². The van der Waals surface area contributed by atoms with Crippen LogP contribution in [-0.4, -0.2) is 26.0 Å². The number of nitrogens with one attached hydrogen (secondary N) is 1. The first-order chi connectivity index (χ1) is 7.98. The molecule has 0 spiro atoms. The second-order valence-electron chi connectivity index (χ2n) is 4.18. The molecule has 0 saturated carbocycles. The van der Waals surface area contributed by atoms with Crippen LogP contribution in [0.5, 0.6) is 0 Å². The van der Waals surface area contributed by atoms with E-state index in [0.29, 0.717) is 23.0 Å². The van der Waals surface area contributed by atoms with Crippen LogP contribution < -0.4 is 5.32 Å². The molecule has 1 N–H and O–H groups in total. The number of hydrogen-bond acceptors (Lipinski definition) is 3. The SMILES string of the molecule is Cl.O=S1(=O)CCC(NCc2c(Cl)cccc2Cl)C1. The highest BCUT2D eigenvalue weighted by Crippen LogP contribution is 2.24. The molecule has 1 unspecified atom stereocenters. The normalized spacial score (nSPS) is 21.6. The summed E-state index contributed by atoms with van der Waals surface area (Å²) in [4.78, 5) is 0. The first-order valence-corrected chi connectivity index (χ1v) is 7.92. The summed E-state index contributed by atoms with van der Waals surface area (Å²) in [6.45, 7) is 0.499. The molecule has 0 bridgehead atoms. The fourth-order valence-electron chi connectivity index (χ4n) is 1.90. The van der Waals surface area contributed by atoms with Crippen LogP contribution in [0.1, 0.15) is 12.0 Å². The van der Waals surface area contributed by atoms with Gasteiger partial charge < -0.3 is 5.32 Å². The molecule has 2 rings (SSSR count). The third-order valence-electron chi connectivity index (χ3n) is 2.86. The van der Waals surface area contributed by atoms with Gasteiger partial charge in [-0.05, 0) is 18.6 Å². The molecular weight excluding hydrogens is 317 g/mol. The Morgan fingerprint density at radius 2 is 1.89 bits per heavy atom.